The Kier molecular flexibility index (Phi) is 9.36. The molecule has 0 saturated carbocycles. The van der Waals surface area contributed by atoms with Gasteiger partial charge in [-0.3, -0.25) is 0 Å². The van der Waals surface area contributed by atoms with E-state index in [4.69, 9.17) is 9.47 Å². The van der Waals surface area contributed by atoms with Crippen molar-refractivity contribution < 1.29 is 9.47 Å². The van der Waals surface area contributed by atoms with Crippen molar-refractivity contribution in [1.82, 2.24) is 5.32 Å². The number of benzene rings is 1. The molecule has 0 radical (unpaired) electrons. The largest absolute Gasteiger partial charge is 0.376 e. The van der Waals surface area contributed by atoms with Crippen LogP contribution in [0, 0.1) is 11.8 Å². The van der Waals surface area contributed by atoms with E-state index in [1.54, 1.807) is 0 Å². The first-order valence-electron chi connectivity index (χ1n) is 9.65. The summed E-state index contributed by atoms with van der Waals surface area (Å²) in [4.78, 5) is 0. The van der Waals surface area contributed by atoms with Crippen molar-refractivity contribution in [3.63, 3.8) is 0 Å². The maximum atomic E-state index is 5.68. The lowest BCUT2D eigenvalue weighted by molar-refractivity contribution is -0.00679. The summed E-state index contributed by atoms with van der Waals surface area (Å²) in [6.07, 6.45) is 2.03. The molecule has 1 unspecified atom stereocenters. The van der Waals surface area contributed by atoms with Crippen molar-refractivity contribution in [2.45, 2.75) is 78.5 Å². The summed E-state index contributed by atoms with van der Waals surface area (Å²) in [5.41, 5.74) is 2.36. The van der Waals surface area contributed by atoms with E-state index in [1.165, 1.54) is 5.56 Å². The van der Waals surface area contributed by atoms with Crippen LogP contribution in [0.25, 0.3) is 0 Å². The fourth-order valence-corrected chi connectivity index (χ4v) is 2.53. The molecular weight excluding hydrogens is 322 g/mol. The van der Waals surface area contributed by atoms with Crippen molar-refractivity contribution in [3.8, 4) is 11.8 Å². The standard InChI is InChI=1S/C23H37NO2/c1-19(24-22(2,3)4)21-14-12-20(13-15-21)11-10-17-25-16-8-9-18-26-23(5,6)7/h12-15,19,24H,8-9,16-18H2,1-7H3. The Labute approximate surface area is 160 Å². The van der Waals surface area contributed by atoms with E-state index in [9.17, 15) is 0 Å². The molecule has 0 fully saturated rings. The third kappa shape index (κ3) is 11.3. The normalized spacial score (nSPS) is 13.2. The average Bonchev–Trinajstić information content (AvgIpc) is 2.51. The lowest BCUT2D eigenvalue weighted by Crippen LogP contribution is -2.37. The van der Waals surface area contributed by atoms with Gasteiger partial charge in [-0.25, -0.2) is 0 Å². The van der Waals surface area contributed by atoms with Crippen LogP contribution in [0.15, 0.2) is 24.3 Å². The second-order valence-electron chi connectivity index (χ2n) is 8.76. The van der Waals surface area contributed by atoms with Crippen molar-refractivity contribution in [2.24, 2.45) is 0 Å². The van der Waals surface area contributed by atoms with Crippen molar-refractivity contribution in [1.29, 1.82) is 0 Å². The lowest BCUT2D eigenvalue weighted by atomic mass is 10.0. The van der Waals surface area contributed by atoms with Gasteiger partial charge in [0.15, 0.2) is 0 Å². The fraction of sp³-hybridized carbons (Fsp3) is 0.652. The molecule has 0 aliphatic heterocycles. The van der Waals surface area contributed by atoms with Gasteiger partial charge in [0.2, 0.25) is 0 Å². The van der Waals surface area contributed by atoms with Gasteiger partial charge in [0.05, 0.1) is 5.60 Å². The molecule has 3 heteroatoms. The van der Waals surface area contributed by atoms with E-state index < -0.39 is 0 Å². The first-order chi connectivity index (χ1) is 12.1. The smallest absolute Gasteiger partial charge is 0.108 e. The van der Waals surface area contributed by atoms with Gasteiger partial charge in [-0.15, -0.1) is 0 Å². The van der Waals surface area contributed by atoms with Crippen molar-refractivity contribution in [3.05, 3.63) is 35.4 Å². The van der Waals surface area contributed by atoms with Crippen LogP contribution in [0.2, 0.25) is 0 Å². The first kappa shape index (κ1) is 22.7. The van der Waals surface area contributed by atoms with Gasteiger partial charge in [-0.05, 0) is 79.0 Å². The van der Waals surface area contributed by atoms with E-state index in [1.807, 2.05) is 0 Å². The summed E-state index contributed by atoms with van der Waals surface area (Å²) in [5, 5.41) is 3.58. The second kappa shape index (κ2) is 10.7. The summed E-state index contributed by atoms with van der Waals surface area (Å²) in [7, 11) is 0. The lowest BCUT2D eigenvalue weighted by Gasteiger charge is -2.26. The predicted molar refractivity (Wildman–Crippen MR) is 110 cm³/mol. The minimum Gasteiger partial charge on any atom is -0.376 e. The molecule has 0 spiro atoms. The van der Waals surface area contributed by atoms with Crippen LogP contribution < -0.4 is 5.32 Å². The van der Waals surface area contributed by atoms with E-state index in [0.717, 1.165) is 31.6 Å². The van der Waals surface area contributed by atoms with Crippen LogP contribution in [-0.4, -0.2) is 31.0 Å². The molecule has 26 heavy (non-hydrogen) atoms. The van der Waals surface area contributed by atoms with Crippen LogP contribution in [0.1, 0.15) is 78.5 Å². The predicted octanol–water partition coefficient (Wildman–Crippen LogP) is 5.10. The molecule has 1 aromatic carbocycles. The molecule has 0 bridgehead atoms. The van der Waals surface area contributed by atoms with Crippen LogP contribution in [0.5, 0.6) is 0 Å². The van der Waals surface area contributed by atoms with Crippen LogP contribution in [-0.2, 0) is 9.47 Å². The number of unbranched alkanes of at least 4 members (excludes halogenated alkanes) is 1. The molecule has 146 valence electrons. The van der Waals surface area contributed by atoms with Gasteiger partial charge in [0, 0.05) is 30.4 Å². The molecule has 0 aliphatic rings. The molecule has 0 saturated heterocycles. The summed E-state index contributed by atoms with van der Waals surface area (Å²) >= 11 is 0. The van der Waals surface area contributed by atoms with Crippen LogP contribution >= 0.6 is 0 Å². The Bertz CT molecular complexity index is 567. The van der Waals surface area contributed by atoms with Gasteiger partial charge in [0.25, 0.3) is 0 Å². The topological polar surface area (TPSA) is 30.5 Å². The number of hydrogen-bond acceptors (Lipinski definition) is 3. The minimum atomic E-state index is -0.0531. The van der Waals surface area contributed by atoms with Gasteiger partial charge in [-0.1, -0.05) is 24.0 Å². The average molecular weight is 360 g/mol. The van der Waals surface area contributed by atoms with Gasteiger partial charge < -0.3 is 14.8 Å². The monoisotopic (exact) mass is 359 g/mol. The molecular formula is C23H37NO2. The molecule has 3 nitrogen and oxygen atoms in total. The zero-order valence-electron chi connectivity index (χ0n) is 17.7. The number of hydrogen-bond donors (Lipinski definition) is 1. The van der Waals surface area contributed by atoms with Crippen LogP contribution in [0.3, 0.4) is 0 Å². The summed E-state index contributed by atoms with van der Waals surface area (Å²) in [6.45, 7) is 17.0. The second-order valence-corrected chi connectivity index (χ2v) is 8.76. The van der Waals surface area contributed by atoms with Crippen molar-refractivity contribution in [2.75, 3.05) is 19.8 Å². The summed E-state index contributed by atoms with van der Waals surface area (Å²) < 4.78 is 11.2. The van der Waals surface area contributed by atoms with Gasteiger partial charge in [0.1, 0.15) is 6.61 Å². The zero-order valence-corrected chi connectivity index (χ0v) is 17.7. The number of rotatable bonds is 8. The SMILES string of the molecule is CC(NC(C)(C)C)c1ccc(C#CCOCCCCOC(C)(C)C)cc1. The Balaban J connectivity index is 2.25. The molecule has 0 heterocycles. The van der Waals surface area contributed by atoms with E-state index in [0.29, 0.717) is 12.6 Å². The summed E-state index contributed by atoms with van der Waals surface area (Å²) in [5.74, 6) is 6.25. The number of nitrogens with one attached hydrogen (secondary N) is 1. The van der Waals surface area contributed by atoms with E-state index >= 15 is 0 Å². The Hall–Kier alpha value is -1.34. The minimum absolute atomic E-state index is 0.0531. The molecule has 0 amide bonds. The van der Waals surface area contributed by atoms with Crippen molar-refractivity contribution >= 4 is 0 Å². The molecule has 1 atom stereocenters. The number of ether oxygens (including phenoxy) is 2. The highest BCUT2D eigenvalue weighted by molar-refractivity contribution is 5.37. The molecule has 0 aromatic heterocycles. The zero-order chi connectivity index (χ0) is 19.6. The maximum Gasteiger partial charge on any atom is 0.108 e. The molecule has 0 aliphatic carbocycles. The van der Waals surface area contributed by atoms with E-state index in [2.05, 4.69) is 89.9 Å². The fourth-order valence-electron chi connectivity index (χ4n) is 2.53. The Morgan fingerprint density at radius 3 is 2.15 bits per heavy atom. The van der Waals surface area contributed by atoms with E-state index in [-0.39, 0.29) is 11.1 Å². The molecule has 1 aromatic rings. The highest BCUT2D eigenvalue weighted by atomic mass is 16.5. The molecule has 1 N–H and O–H groups in total. The third-order valence-electron chi connectivity index (χ3n) is 3.69. The van der Waals surface area contributed by atoms with Gasteiger partial charge >= 0.3 is 0 Å². The van der Waals surface area contributed by atoms with Crippen LogP contribution in [0.4, 0.5) is 0 Å². The summed E-state index contributed by atoms with van der Waals surface area (Å²) in [6, 6.07) is 8.76. The molecule has 1 rings (SSSR count). The third-order valence-corrected chi connectivity index (χ3v) is 3.69. The highest BCUT2D eigenvalue weighted by Gasteiger charge is 2.14. The Morgan fingerprint density at radius 2 is 1.58 bits per heavy atom. The van der Waals surface area contributed by atoms with Gasteiger partial charge in [-0.2, -0.15) is 0 Å². The first-order valence-corrected chi connectivity index (χ1v) is 9.65. The highest BCUT2D eigenvalue weighted by Crippen LogP contribution is 2.16. The quantitative estimate of drug-likeness (QED) is 0.517. The Morgan fingerprint density at radius 1 is 0.962 bits per heavy atom. The maximum absolute atomic E-state index is 5.68.